The first-order chi connectivity index (χ1) is 9.19. The summed E-state index contributed by atoms with van der Waals surface area (Å²) < 4.78 is 61.1. The van der Waals surface area contributed by atoms with E-state index in [2.05, 4.69) is 9.47 Å². The minimum atomic E-state index is -4.41. The Morgan fingerprint density at radius 2 is 1.60 bits per heavy atom. The number of carboxylic acids is 1. The van der Waals surface area contributed by atoms with Crippen LogP contribution in [0.4, 0.5) is 17.6 Å². The number of ether oxygens (including phenoxy) is 2. The average molecular weight is 296 g/mol. The van der Waals surface area contributed by atoms with Crippen molar-refractivity contribution in [3.05, 3.63) is 29.8 Å². The number of rotatable bonds is 7. The van der Waals surface area contributed by atoms with Crippen LogP contribution in [0, 0.1) is 0 Å². The smallest absolute Gasteiger partial charge is 0.345 e. The van der Waals surface area contributed by atoms with E-state index in [4.69, 9.17) is 5.11 Å². The maximum absolute atomic E-state index is 13.2. The zero-order valence-electron chi connectivity index (χ0n) is 10.4. The molecule has 1 aromatic carbocycles. The third-order valence-electron chi connectivity index (χ3n) is 2.38. The van der Waals surface area contributed by atoms with Gasteiger partial charge >= 0.3 is 17.8 Å². The number of carboxylic acid groups (broad SMARTS) is 1. The van der Waals surface area contributed by atoms with E-state index in [-0.39, 0.29) is 11.3 Å². The Morgan fingerprint density at radius 3 is 2.05 bits per heavy atom. The summed E-state index contributed by atoms with van der Waals surface area (Å²) >= 11 is 0. The van der Waals surface area contributed by atoms with Crippen LogP contribution >= 0.6 is 0 Å². The molecule has 1 N–H and O–H groups in total. The van der Waals surface area contributed by atoms with E-state index < -0.39 is 31.0 Å². The van der Waals surface area contributed by atoms with Crippen molar-refractivity contribution in [2.24, 2.45) is 0 Å². The van der Waals surface area contributed by atoms with E-state index in [0.29, 0.717) is 0 Å². The predicted octanol–water partition coefficient (Wildman–Crippen LogP) is 2.68. The summed E-state index contributed by atoms with van der Waals surface area (Å²) in [6, 6.07) is 4.44. The molecule has 0 unspecified atom stereocenters. The molecular weight excluding hydrogens is 284 g/mol. The zero-order chi connectivity index (χ0) is 15.4. The summed E-state index contributed by atoms with van der Waals surface area (Å²) in [5, 5.41) is 8.63. The average Bonchev–Trinajstić information content (AvgIpc) is 2.36. The fraction of sp³-hybridized carbons (Fsp3) is 0.417. The molecule has 0 bridgehead atoms. The topological polar surface area (TPSA) is 55.8 Å². The monoisotopic (exact) mass is 296 g/mol. The van der Waals surface area contributed by atoms with Crippen molar-refractivity contribution >= 4 is 5.97 Å². The van der Waals surface area contributed by atoms with Crippen molar-refractivity contribution < 1.29 is 36.9 Å². The van der Waals surface area contributed by atoms with E-state index >= 15 is 0 Å². The second-order valence-electron chi connectivity index (χ2n) is 3.96. The van der Waals surface area contributed by atoms with Crippen molar-refractivity contribution in [3.63, 3.8) is 0 Å². The van der Waals surface area contributed by atoms with Crippen LogP contribution in [0.2, 0.25) is 0 Å². The number of halogens is 4. The number of benzene rings is 1. The molecule has 0 aromatic heterocycles. The third-order valence-corrected chi connectivity index (χ3v) is 2.38. The second-order valence-corrected chi connectivity index (χ2v) is 3.96. The van der Waals surface area contributed by atoms with Gasteiger partial charge in [-0.25, -0.2) is 4.79 Å². The zero-order valence-corrected chi connectivity index (χ0v) is 10.4. The molecule has 0 aliphatic carbocycles. The molecule has 0 aliphatic heterocycles. The highest BCUT2D eigenvalue weighted by Crippen LogP contribution is 2.34. The van der Waals surface area contributed by atoms with Gasteiger partial charge in [-0.3, -0.25) is 0 Å². The van der Waals surface area contributed by atoms with Gasteiger partial charge in [0.1, 0.15) is 12.4 Å². The van der Waals surface area contributed by atoms with Gasteiger partial charge in [0.15, 0.2) is 6.61 Å². The number of aromatic carboxylic acids is 1. The Morgan fingerprint density at radius 1 is 1.10 bits per heavy atom. The van der Waals surface area contributed by atoms with Crippen molar-refractivity contribution in [2.45, 2.75) is 11.8 Å². The summed E-state index contributed by atoms with van der Waals surface area (Å²) in [4.78, 5) is 10.6. The van der Waals surface area contributed by atoms with Crippen molar-refractivity contribution in [3.8, 4) is 5.75 Å². The molecule has 0 atom stereocenters. The summed E-state index contributed by atoms with van der Waals surface area (Å²) in [5.41, 5.74) is -0.0752. The first kappa shape index (κ1) is 16.2. The lowest BCUT2D eigenvalue weighted by atomic mass is 10.2. The normalized spacial score (nSPS) is 12.2. The van der Waals surface area contributed by atoms with Crippen LogP contribution < -0.4 is 4.74 Å². The Labute approximate surface area is 111 Å². The van der Waals surface area contributed by atoms with Gasteiger partial charge in [0.2, 0.25) is 0 Å². The molecule has 112 valence electrons. The van der Waals surface area contributed by atoms with E-state index in [1.807, 2.05) is 0 Å². The molecule has 0 spiro atoms. The Kier molecular flexibility index (Phi) is 4.93. The lowest BCUT2D eigenvalue weighted by molar-refractivity contribution is -0.239. The molecule has 0 amide bonds. The van der Waals surface area contributed by atoms with Crippen LogP contribution in [-0.2, 0) is 4.74 Å². The highest BCUT2D eigenvalue weighted by molar-refractivity contribution is 5.87. The highest BCUT2D eigenvalue weighted by atomic mass is 19.3. The maximum Gasteiger partial charge on any atom is 0.345 e. The molecule has 0 heterocycles. The van der Waals surface area contributed by atoms with E-state index in [1.165, 1.54) is 0 Å². The SMILES string of the molecule is COCC(F)(F)C(F)(F)COc1ccc(C(=O)O)cc1. The van der Waals surface area contributed by atoms with Gasteiger partial charge in [0.25, 0.3) is 0 Å². The van der Waals surface area contributed by atoms with Gasteiger partial charge in [-0.2, -0.15) is 17.6 Å². The van der Waals surface area contributed by atoms with E-state index in [0.717, 1.165) is 31.4 Å². The Bertz CT molecular complexity index is 459. The number of carbonyl (C=O) groups is 1. The number of hydrogen-bond acceptors (Lipinski definition) is 3. The minimum Gasteiger partial charge on any atom is -0.487 e. The summed E-state index contributed by atoms with van der Waals surface area (Å²) in [7, 11) is 0.884. The van der Waals surface area contributed by atoms with Crippen LogP contribution in [0.15, 0.2) is 24.3 Å². The summed E-state index contributed by atoms with van der Waals surface area (Å²) in [5.74, 6) is -10.1. The largest absolute Gasteiger partial charge is 0.487 e. The van der Waals surface area contributed by atoms with Gasteiger partial charge in [-0.05, 0) is 24.3 Å². The van der Waals surface area contributed by atoms with Crippen LogP contribution in [0.1, 0.15) is 10.4 Å². The molecule has 0 fully saturated rings. The lowest BCUT2D eigenvalue weighted by Gasteiger charge is -2.25. The van der Waals surface area contributed by atoms with Crippen molar-refractivity contribution in [1.82, 2.24) is 0 Å². The molecule has 0 aliphatic rings. The Balaban J connectivity index is 2.68. The van der Waals surface area contributed by atoms with Gasteiger partial charge in [0, 0.05) is 7.11 Å². The van der Waals surface area contributed by atoms with Gasteiger partial charge in [-0.15, -0.1) is 0 Å². The fourth-order valence-corrected chi connectivity index (χ4v) is 1.26. The lowest BCUT2D eigenvalue weighted by Crippen LogP contribution is -2.48. The molecule has 0 saturated carbocycles. The molecule has 1 rings (SSSR count). The molecule has 4 nitrogen and oxygen atoms in total. The molecule has 20 heavy (non-hydrogen) atoms. The van der Waals surface area contributed by atoms with Crippen LogP contribution in [0.25, 0.3) is 0 Å². The number of methoxy groups -OCH3 is 1. The summed E-state index contributed by atoms with van der Waals surface area (Å²) in [6.07, 6.45) is 0. The predicted molar refractivity (Wildman–Crippen MR) is 60.7 cm³/mol. The molecule has 1 aromatic rings. The third kappa shape index (κ3) is 3.83. The highest BCUT2D eigenvalue weighted by Gasteiger charge is 2.57. The number of alkyl halides is 4. The second kappa shape index (κ2) is 6.08. The molecule has 0 saturated heterocycles. The van der Waals surface area contributed by atoms with E-state index in [1.54, 1.807) is 0 Å². The Hall–Kier alpha value is -1.83. The van der Waals surface area contributed by atoms with Crippen LogP contribution in [0.3, 0.4) is 0 Å². The summed E-state index contributed by atoms with van der Waals surface area (Å²) in [6.45, 7) is -2.98. The molecule has 0 radical (unpaired) electrons. The maximum atomic E-state index is 13.2. The van der Waals surface area contributed by atoms with Gasteiger partial charge in [0.05, 0.1) is 5.56 Å². The molecule has 8 heteroatoms. The molecular formula is C12H12F4O4. The first-order valence-corrected chi connectivity index (χ1v) is 5.40. The van der Waals surface area contributed by atoms with E-state index in [9.17, 15) is 22.4 Å². The standard InChI is InChI=1S/C12H12F4O4/c1-19-6-11(13,14)12(15,16)7-20-9-4-2-8(3-5-9)10(17)18/h2-5H,6-7H2,1H3,(H,17,18). The van der Waals surface area contributed by atoms with Crippen molar-refractivity contribution in [1.29, 1.82) is 0 Å². The van der Waals surface area contributed by atoms with Gasteiger partial charge < -0.3 is 14.6 Å². The first-order valence-electron chi connectivity index (χ1n) is 5.40. The quantitative estimate of drug-likeness (QED) is 0.786. The van der Waals surface area contributed by atoms with Gasteiger partial charge in [-0.1, -0.05) is 0 Å². The van der Waals surface area contributed by atoms with Crippen LogP contribution in [0.5, 0.6) is 5.75 Å². The van der Waals surface area contributed by atoms with Crippen LogP contribution in [-0.4, -0.2) is 43.2 Å². The minimum absolute atomic E-state index is 0.0752. The van der Waals surface area contributed by atoms with Crippen molar-refractivity contribution in [2.75, 3.05) is 20.3 Å². The number of hydrogen-bond donors (Lipinski definition) is 1. The fourth-order valence-electron chi connectivity index (χ4n) is 1.26.